The predicted octanol–water partition coefficient (Wildman–Crippen LogP) is 3.57. The average Bonchev–Trinajstić information content (AvgIpc) is 3.57. The Kier molecular flexibility index (Phi) is 4.82. The van der Waals surface area contributed by atoms with Crippen molar-refractivity contribution in [3.63, 3.8) is 0 Å². The molecule has 0 aliphatic heterocycles. The lowest BCUT2D eigenvalue weighted by Gasteiger charge is -2.30. The molecule has 3 N–H and O–H groups in total. The van der Waals surface area contributed by atoms with Crippen LogP contribution in [0.2, 0.25) is 0 Å². The van der Waals surface area contributed by atoms with Crippen LogP contribution in [0.25, 0.3) is 21.8 Å². The monoisotopic (exact) mass is 439 g/mol. The fourth-order valence-corrected chi connectivity index (χ4v) is 5.74. The highest BCUT2D eigenvalue weighted by molar-refractivity contribution is 5.98. The van der Waals surface area contributed by atoms with Crippen molar-refractivity contribution in [2.75, 3.05) is 0 Å². The fourth-order valence-electron chi connectivity index (χ4n) is 5.74. The van der Waals surface area contributed by atoms with Crippen LogP contribution in [-0.4, -0.2) is 32.8 Å². The Balaban J connectivity index is 1.16. The maximum absolute atomic E-state index is 13.3. The number of fused-ring (bicyclic) bond motifs is 4. The zero-order chi connectivity index (χ0) is 22.4. The molecule has 0 unspecified atom stereocenters. The number of benzene rings is 1. The number of aromatic nitrogens is 3. The highest BCUT2D eigenvalue weighted by Crippen LogP contribution is 2.48. The average molecular weight is 440 g/mol. The molecule has 2 bridgehead atoms. The molecular formula is C26H25N5O2. The molecule has 2 aliphatic rings. The minimum atomic E-state index is -0.194. The number of hydrogen-bond donors (Lipinski definition) is 3. The van der Waals surface area contributed by atoms with Crippen molar-refractivity contribution in [1.29, 1.82) is 0 Å². The van der Waals surface area contributed by atoms with E-state index in [-0.39, 0.29) is 23.8 Å². The molecule has 3 aromatic heterocycles. The SMILES string of the molecule is O=C(N[C@@H]1[C@@H]2CC[C@@H](C2)[C@H]1C(=O)NCc1ccc2ncccc2c1)c1cc2cnccc2[nH]1. The molecule has 1 aromatic carbocycles. The van der Waals surface area contributed by atoms with E-state index >= 15 is 0 Å². The molecule has 6 rings (SSSR count). The maximum Gasteiger partial charge on any atom is 0.267 e. The smallest absolute Gasteiger partial charge is 0.267 e. The molecule has 2 fully saturated rings. The summed E-state index contributed by atoms with van der Waals surface area (Å²) in [6, 6.07) is 13.5. The summed E-state index contributed by atoms with van der Waals surface area (Å²) < 4.78 is 0. The highest BCUT2D eigenvalue weighted by atomic mass is 16.2. The molecule has 2 aliphatic carbocycles. The number of carbonyl (C=O) groups excluding carboxylic acids is 2. The number of carbonyl (C=O) groups is 2. The van der Waals surface area contributed by atoms with E-state index < -0.39 is 0 Å². The fraction of sp³-hybridized carbons (Fsp3) is 0.308. The normalized spacial score (nSPS) is 23.8. The summed E-state index contributed by atoms with van der Waals surface area (Å²) in [7, 11) is 0. The van der Waals surface area contributed by atoms with Crippen LogP contribution < -0.4 is 10.6 Å². The van der Waals surface area contributed by atoms with E-state index in [4.69, 9.17) is 0 Å². The molecular weight excluding hydrogens is 414 g/mol. The Morgan fingerprint density at radius 2 is 1.94 bits per heavy atom. The van der Waals surface area contributed by atoms with Gasteiger partial charge >= 0.3 is 0 Å². The van der Waals surface area contributed by atoms with Gasteiger partial charge in [0.2, 0.25) is 5.91 Å². The first-order chi connectivity index (χ1) is 16.2. The van der Waals surface area contributed by atoms with Gasteiger partial charge in [-0.05, 0) is 67.0 Å². The van der Waals surface area contributed by atoms with Gasteiger partial charge in [0.25, 0.3) is 5.91 Å². The van der Waals surface area contributed by atoms with Gasteiger partial charge in [-0.15, -0.1) is 0 Å². The molecule has 7 heteroatoms. The maximum atomic E-state index is 13.3. The lowest BCUT2D eigenvalue weighted by Crippen LogP contribution is -2.49. The lowest BCUT2D eigenvalue weighted by atomic mass is 9.83. The van der Waals surface area contributed by atoms with Crippen LogP contribution in [-0.2, 0) is 11.3 Å². The zero-order valence-corrected chi connectivity index (χ0v) is 18.1. The first-order valence-electron chi connectivity index (χ1n) is 11.5. The van der Waals surface area contributed by atoms with Gasteiger partial charge in [-0.3, -0.25) is 19.6 Å². The number of rotatable bonds is 5. The van der Waals surface area contributed by atoms with Crippen LogP contribution in [0.4, 0.5) is 0 Å². The summed E-state index contributed by atoms with van der Waals surface area (Å²) in [6.07, 6.45) is 8.33. The lowest BCUT2D eigenvalue weighted by molar-refractivity contribution is -0.127. The minimum absolute atomic E-state index is 0.0274. The number of aromatic amines is 1. The summed E-state index contributed by atoms with van der Waals surface area (Å²) in [5.41, 5.74) is 3.36. The largest absolute Gasteiger partial charge is 0.352 e. The van der Waals surface area contributed by atoms with Crippen LogP contribution in [0.5, 0.6) is 0 Å². The molecule has 7 nitrogen and oxygen atoms in total. The molecule has 2 saturated carbocycles. The van der Waals surface area contributed by atoms with Crippen molar-refractivity contribution in [2.45, 2.75) is 31.8 Å². The highest BCUT2D eigenvalue weighted by Gasteiger charge is 2.51. The second kappa shape index (κ2) is 7.99. The van der Waals surface area contributed by atoms with E-state index in [2.05, 4.69) is 31.7 Å². The van der Waals surface area contributed by atoms with Crippen LogP contribution in [0.3, 0.4) is 0 Å². The summed E-state index contributed by atoms with van der Waals surface area (Å²) in [5.74, 6) is 0.351. The van der Waals surface area contributed by atoms with Crippen molar-refractivity contribution in [2.24, 2.45) is 17.8 Å². The van der Waals surface area contributed by atoms with Crippen molar-refractivity contribution < 1.29 is 9.59 Å². The first-order valence-corrected chi connectivity index (χ1v) is 11.5. The Morgan fingerprint density at radius 3 is 2.85 bits per heavy atom. The van der Waals surface area contributed by atoms with Crippen molar-refractivity contribution >= 4 is 33.6 Å². The summed E-state index contributed by atoms with van der Waals surface area (Å²) >= 11 is 0. The number of hydrogen-bond acceptors (Lipinski definition) is 4. The van der Waals surface area contributed by atoms with E-state index in [1.165, 1.54) is 0 Å². The Morgan fingerprint density at radius 1 is 1.03 bits per heavy atom. The number of nitrogens with zero attached hydrogens (tertiary/aromatic N) is 2. The molecule has 4 aromatic rings. The molecule has 0 spiro atoms. The summed E-state index contributed by atoms with van der Waals surface area (Å²) in [5, 5.41) is 8.27. The van der Waals surface area contributed by atoms with E-state index in [0.29, 0.717) is 24.1 Å². The third kappa shape index (κ3) is 3.63. The quantitative estimate of drug-likeness (QED) is 0.443. The number of H-pyrrole nitrogens is 1. The van der Waals surface area contributed by atoms with E-state index in [1.54, 1.807) is 18.6 Å². The molecule has 0 saturated heterocycles. The molecule has 2 amide bonds. The van der Waals surface area contributed by atoms with Gasteiger partial charge in [-0.1, -0.05) is 12.1 Å². The number of nitrogens with one attached hydrogen (secondary N) is 3. The molecule has 0 radical (unpaired) electrons. The summed E-state index contributed by atoms with van der Waals surface area (Å²) in [6.45, 7) is 0.466. The van der Waals surface area contributed by atoms with E-state index in [0.717, 1.165) is 46.6 Å². The Hall–Kier alpha value is -3.74. The molecule has 33 heavy (non-hydrogen) atoms. The van der Waals surface area contributed by atoms with Crippen LogP contribution in [0.1, 0.15) is 35.3 Å². The number of pyridine rings is 2. The van der Waals surface area contributed by atoms with Gasteiger partial charge in [0, 0.05) is 47.5 Å². The minimum Gasteiger partial charge on any atom is -0.352 e. The van der Waals surface area contributed by atoms with Gasteiger partial charge in [0.15, 0.2) is 0 Å². The van der Waals surface area contributed by atoms with Gasteiger partial charge in [-0.2, -0.15) is 0 Å². The summed E-state index contributed by atoms with van der Waals surface area (Å²) in [4.78, 5) is 37.9. The third-order valence-electron chi connectivity index (χ3n) is 7.32. The van der Waals surface area contributed by atoms with Gasteiger partial charge < -0.3 is 15.6 Å². The second-order valence-electron chi connectivity index (χ2n) is 9.25. The topological polar surface area (TPSA) is 99.8 Å². The van der Waals surface area contributed by atoms with Gasteiger partial charge in [-0.25, -0.2) is 0 Å². The standard InChI is InChI=1S/C26H25N5O2/c32-25(22-12-19-14-27-9-7-21(19)30-22)31-24-18-5-4-17(11-18)23(24)26(33)29-13-15-3-6-20-16(10-15)2-1-8-28-20/h1-3,6-10,12,14,17-18,23-24,30H,4-5,11,13H2,(H,29,33)(H,31,32)/t17-,18+,23+,24+/m0/s1. The zero-order valence-electron chi connectivity index (χ0n) is 18.1. The second-order valence-corrected chi connectivity index (χ2v) is 9.25. The van der Waals surface area contributed by atoms with Crippen LogP contribution in [0, 0.1) is 17.8 Å². The van der Waals surface area contributed by atoms with Crippen molar-refractivity contribution in [3.05, 3.63) is 72.3 Å². The molecule has 3 heterocycles. The van der Waals surface area contributed by atoms with Crippen molar-refractivity contribution in [1.82, 2.24) is 25.6 Å². The first kappa shape index (κ1) is 19.9. The van der Waals surface area contributed by atoms with Gasteiger partial charge in [0.05, 0.1) is 11.4 Å². The Bertz CT molecular complexity index is 1330. The van der Waals surface area contributed by atoms with Crippen LogP contribution >= 0.6 is 0 Å². The number of amides is 2. The molecule has 166 valence electrons. The molecule has 4 atom stereocenters. The third-order valence-corrected chi connectivity index (χ3v) is 7.32. The van der Waals surface area contributed by atoms with E-state index in [9.17, 15) is 9.59 Å². The van der Waals surface area contributed by atoms with E-state index in [1.807, 2.05) is 36.4 Å². The van der Waals surface area contributed by atoms with Crippen molar-refractivity contribution in [3.8, 4) is 0 Å². The van der Waals surface area contributed by atoms with Gasteiger partial charge in [0.1, 0.15) is 5.69 Å². The van der Waals surface area contributed by atoms with Crippen LogP contribution in [0.15, 0.2) is 61.1 Å². The predicted molar refractivity (Wildman–Crippen MR) is 125 cm³/mol. The Labute approximate surface area is 191 Å².